The fourth-order valence-corrected chi connectivity index (χ4v) is 4.10. The summed E-state index contributed by atoms with van der Waals surface area (Å²) in [5.74, 6) is 0.206. The van der Waals surface area contributed by atoms with Crippen LogP contribution in [0.25, 0.3) is 0 Å². The molecular weight excluding hydrogens is 312 g/mol. The first kappa shape index (κ1) is 19.2. The molecule has 0 aliphatic heterocycles. The summed E-state index contributed by atoms with van der Waals surface area (Å²) in [6.07, 6.45) is 4.85. The summed E-state index contributed by atoms with van der Waals surface area (Å²) in [4.78, 5) is 22.0. The number of rotatable bonds is 5. The van der Waals surface area contributed by atoms with Gasteiger partial charge in [-0.15, -0.1) is 0 Å². The van der Waals surface area contributed by atoms with Crippen molar-refractivity contribution in [3.63, 3.8) is 0 Å². The third-order valence-electron chi connectivity index (χ3n) is 5.34. The average molecular weight is 342 g/mol. The van der Waals surface area contributed by atoms with Crippen molar-refractivity contribution < 1.29 is 29.3 Å². The van der Waals surface area contributed by atoms with E-state index in [-0.39, 0.29) is 24.1 Å². The van der Waals surface area contributed by atoms with E-state index in [1.165, 1.54) is 13.8 Å². The molecule has 0 bridgehead atoms. The molecule has 0 saturated heterocycles. The number of carbonyl (C=O) groups excluding carboxylic acids is 2. The molecule has 0 aromatic carbocycles. The maximum absolute atomic E-state index is 11.0. The normalized spacial score (nSPS) is 36.8. The van der Waals surface area contributed by atoms with Gasteiger partial charge in [-0.1, -0.05) is 12.8 Å². The topological polar surface area (TPSA) is 93.1 Å². The van der Waals surface area contributed by atoms with Crippen molar-refractivity contribution in [2.45, 2.75) is 89.6 Å². The van der Waals surface area contributed by atoms with Crippen molar-refractivity contribution in [2.75, 3.05) is 0 Å². The maximum atomic E-state index is 11.0. The molecule has 0 heterocycles. The molecule has 2 rings (SSSR count). The number of ether oxygens (including phenoxy) is 2. The third kappa shape index (κ3) is 5.74. The van der Waals surface area contributed by atoms with Gasteiger partial charge in [0.15, 0.2) is 0 Å². The first-order valence-corrected chi connectivity index (χ1v) is 9.05. The molecule has 6 unspecified atom stereocenters. The van der Waals surface area contributed by atoms with E-state index in [1.54, 1.807) is 0 Å². The van der Waals surface area contributed by atoms with Gasteiger partial charge >= 0.3 is 11.9 Å². The fraction of sp³-hybridized carbons (Fsp3) is 0.889. The molecule has 0 amide bonds. The molecular formula is C18H30O6. The van der Waals surface area contributed by atoms with Crippen LogP contribution >= 0.6 is 0 Å². The van der Waals surface area contributed by atoms with Crippen molar-refractivity contribution in [2.24, 2.45) is 11.8 Å². The van der Waals surface area contributed by atoms with Gasteiger partial charge in [-0.25, -0.2) is 0 Å². The van der Waals surface area contributed by atoms with E-state index in [2.05, 4.69) is 0 Å². The van der Waals surface area contributed by atoms with E-state index < -0.39 is 12.2 Å². The molecule has 6 atom stereocenters. The van der Waals surface area contributed by atoms with Gasteiger partial charge in [0.2, 0.25) is 0 Å². The maximum Gasteiger partial charge on any atom is 0.302 e. The molecule has 2 fully saturated rings. The van der Waals surface area contributed by atoms with Gasteiger partial charge in [0.25, 0.3) is 0 Å². The Hall–Kier alpha value is -1.14. The highest BCUT2D eigenvalue weighted by Crippen LogP contribution is 2.35. The minimum Gasteiger partial charge on any atom is -0.460 e. The largest absolute Gasteiger partial charge is 0.460 e. The molecule has 0 spiro atoms. The van der Waals surface area contributed by atoms with Crippen LogP contribution in [-0.4, -0.2) is 46.6 Å². The minimum atomic E-state index is -0.571. The van der Waals surface area contributed by atoms with Crippen LogP contribution in [0, 0.1) is 11.8 Å². The van der Waals surface area contributed by atoms with Crippen molar-refractivity contribution in [3.05, 3.63) is 0 Å². The summed E-state index contributed by atoms with van der Waals surface area (Å²) >= 11 is 0. The number of carbonyl (C=O) groups is 2. The zero-order valence-electron chi connectivity index (χ0n) is 14.6. The van der Waals surface area contributed by atoms with Gasteiger partial charge in [0, 0.05) is 13.8 Å². The predicted octanol–water partition coefficient (Wildman–Crippen LogP) is 1.95. The van der Waals surface area contributed by atoms with E-state index in [1.807, 2.05) is 0 Å². The Balaban J connectivity index is 1.69. The molecule has 24 heavy (non-hydrogen) atoms. The van der Waals surface area contributed by atoms with Crippen LogP contribution in [0.5, 0.6) is 0 Å². The average Bonchev–Trinajstić information content (AvgIpc) is 2.49. The van der Waals surface area contributed by atoms with Crippen molar-refractivity contribution in [1.29, 1.82) is 0 Å². The summed E-state index contributed by atoms with van der Waals surface area (Å²) in [5.41, 5.74) is 0. The summed E-state index contributed by atoms with van der Waals surface area (Å²) in [7, 11) is 0. The highest BCUT2D eigenvalue weighted by Gasteiger charge is 2.34. The van der Waals surface area contributed by atoms with Gasteiger partial charge in [-0.05, 0) is 50.4 Å². The summed E-state index contributed by atoms with van der Waals surface area (Å²) < 4.78 is 10.3. The van der Waals surface area contributed by atoms with E-state index in [0.29, 0.717) is 37.5 Å². The summed E-state index contributed by atoms with van der Waals surface area (Å²) in [6, 6.07) is 0. The molecule has 138 valence electrons. The molecule has 0 radical (unpaired) electrons. The van der Waals surface area contributed by atoms with Gasteiger partial charge in [-0.2, -0.15) is 0 Å². The van der Waals surface area contributed by atoms with E-state index in [0.717, 1.165) is 25.7 Å². The second-order valence-electron chi connectivity index (χ2n) is 7.37. The Morgan fingerprint density at radius 3 is 1.46 bits per heavy atom. The number of aliphatic hydroxyl groups is 2. The van der Waals surface area contributed by atoms with Crippen molar-refractivity contribution in [3.8, 4) is 0 Å². The van der Waals surface area contributed by atoms with Crippen LogP contribution in [0.1, 0.15) is 65.2 Å². The van der Waals surface area contributed by atoms with Crippen LogP contribution in [0.15, 0.2) is 0 Å². The van der Waals surface area contributed by atoms with Gasteiger partial charge in [-0.3, -0.25) is 9.59 Å². The lowest BCUT2D eigenvalue weighted by molar-refractivity contribution is -0.157. The van der Waals surface area contributed by atoms with E-state index >= 15 is 0 Å². The quantitative estimate of drug-likeness (QED) is 0.742. The molecule has 2 aliphatic rings. The zero-order chi connectivity index (χ0) is 17.7. The SMILES string of the molecule is CC(=O)OC1CCC(CCC2CCC(OC(C)=O)C(O)C2)CC1O. The van der Waals surface area contributed by atoms with Crippen LogP contribution in [0.2, 0.25) is 0 Å². The second kappa shape index (κ2) is 8.81. The summed E-state index contributed by atoms with van der Waals surface area (Å²) in [6.45, 7) is 2.74. The monoisotopic (exact) mass is 342 g/mol. The molecule has 0 aromatic heterocycles. The molecule has 0 aromatic rings. The Kier molecular flexibility index (Phi) is 7.04. The number of esters is 2. The zero-order valence-corrected chi connectivity index (χ0v) is 14.6. The van der Waals surface area contributed by atoms with Crippen LogP contribution in [-0.2, 0) is 19.1 Å². The van der Waals surface area contributed by atoms with E-state index in [9.17, 15) is 19.8 Å². The molecule has 6 nitrogen and oxygen atoms in total. The van der Waals surface area contributed by atoms with Crippen LogP contribution in [0.4, 0.5) is 0 Å². The molecule has 6 heteroatoms. The first-order valence-electron chi connectivity index (χ1n) is 9.05. The van der Waals surface area contributed by atoms with Gasteiger partial charge in [0.05, 0.1) is 12.2 Å². The van der Waals surface area contributed by atoms with Gasteiger partial charge in [0.1, 0.15) is 12.2 Å². The smallest absolute Gasteiger partial charge is 0.302 e. The molecule has 2 saturated carbocycles. The van der Waals surface area contributed by atoms with Crippen LogP contribution < -0.4 is 0 Å². The van der Waals surface area contributed by atoms with Crippen molar-refractivity contribution >= 4 is 11.9 Å². The lowest BCUT2D eigenvalue weighted by Crippen LogP contribution is -2.38. The fourth-order valence-electron chi connectivity index (χ4n) is 4.10. The highest BCUT2D eigenvalue weighted by molar-refractivity contribution is 5.66. The molecule has 2 N–H and O–H groups in total. The third-order valence-corrected chi connectivity index (χ3v) is 5.34. The lowest BCUT2D eigenvalue weighted by atomic mass is 9.77. The Morgan fingerprint density at radius 1 is 0.792 bits per heavy atom. The second-order valence-corrected chi connectivity index (χ2v) is 7.37. The van der Waals surface area contributed by atoms with Gasteiger partial charge < -0.3 is 19.7 Å². The standard InChI is InChI=1S/C18H30O6/c1-11(19)23-17-7-5-13(9-15(17)21)3-4-14-6-8-18(16(22)10-14)24-12(2)20/h13-18,21-22H,3-10H2,1-2H3. The summed E-state index contributed by atoms with van der Waals surface area (Å²) in [5, 5.41) is 20.2. The lowest BCUT2D eigenvalue weighted by Gasteiger charge is -2.35. The molecule has 2 aliphatic carbocycles. The van der Waals surface area contributed by atoms with Crippen LogP contribution in [0.3, 0.4) is 0 Å². The number of hydrogen-bond donors (Lipinski definition) is 2. The highest BCUT2D eigenvalue weighted by atomic mass is 16.6. The number of hydrogen-bond acceptors (Lipinski definition) is 6. The van der Waals surface area contributed by atoms with E-state index in [4.69, 9.17) is 9.47 Å². The Morgan fingerprint density at radius 2 is 1.17 bits per heavy atom. The Labute approximate surface area is 143 Å². The van der Waals surface area contributed by atoms with Crippen molar-refractivity contribution in [1.82, 2.24) is 0 Å². The Bertz CT molecular complexity index is 397. The first-order chi connectivity index (χ1) is 11.3. The predicted molar refractivity (Wildman–Crippen MR) is 87.0 cm³/mol. The number of aliphatic hydroxyl groups excluding tert-OH is 2. The minimum absolute atomic E-state index is 0.337.